The Morgan fingerprint density at radius 1 is 0.968 bits per heavy atom. The third-order valence-corrected chi connectivity index (χ3v) is 10.4. The molecule has 2 fully saturated rings. The summed E-state index contributed by atoms with van der Waals surface area (Å²) < 4.78 is 57.0. The first-order chi connectivity index (χ1) is 14.7. The number of ether oxygens (including phenoxy) is 1. The Bertz CT molecular complexity index is 1140. The van der Waals surface area contributed by atoms with Crippen molar-refractivity contribution in [3.63, 3.8) is 0 Å². The van der Waals surface area contributed by atoms with Gasteiger partial charge in [0, 0.05) is 37.2 Å². The molecule has 0 radical (unpaired) electrons. The topological polar surface area (TPSA) is 84.0 Å². The summed E-state index contributed by atoms with van der Waals surface area (Å²) in [6.45, 7) is 2.46. The zero-order chi connectivity index (χ0) is 22.2. The van der Waals surface area contributed by atoms with Crippen LogP contribution in [-0.4, -0.2) is 77.8 Å². The van der Waals surface area contributed by atoms with Crippen LogP contribution in [0.25, 0.3) is 0 Å². The van der Waals surface area contributed by atoms with E-state index in [1.807, 2.05) is 29.2 Å². The molecule has 2 atom stereocenters. The Morgan fingerprint density at radius 3 is 2.26 bits per heavy atom. The standard InChI is InChI=1S/C21H25ClN2O5S2/c1-29-20-5-3-2-4-18(20)23-10-12-24(13-11-23)19-14-30(25,26)15-21(19)31(27,28)17-8-6-16(22)7-9-17/h2-9,19,21H,10-15H2,1H3. The minimum absolute atomic E-state index is 0.108. The first-order valence-electron chi connectivity index (χ1n) is 10.0. The van der Waals surface area contributed by atoms with E-state index in [1.165, 1.54) is 24.3 Å². The van der Waals surface area contributed by atoms with Crippen LogP contribution in [0.15, 0.2) is 53.4 Å². The molecule has 0 amide bonds. The summed E-state index contributed by atoms with van der Waals surface area (Å²) in [5, 5.41) is -0.557. The van der Waals surface area contributed by atoms with Gasteiger partial charge in [-0.1, -0.05) is 23.7 Å². The summed E-state index contributed by atoms with van der Waals surface area (Å²) in [6.07, 6.45) is 0. The van der Waals surface area contributed by atoms with Gasteiger partial charge in [0.1, 0.15) is 5.75 Å². The van der Waals surface area contributed by atoms with E-state index < -0.39 is 31.0 Å². The predicted molar refractivity (Wildman–Crippen MR) is 122 cm³/mol. The minimum atomic E-state index is -3.81. The number of anilines is 1. The van der Waals surface area contributed by atoms with E-state index in [1.54, 1.807) is 7.11 Å². The molecule has 0 aliphatic carbocycles. The van der Waals surface area contributed by atoms with Crippen molar-refractivity contribution in [1.29, 1.82) is 0 Å². The number of methoxy groups -OCH3 is 1. The van der Waals surface area contributed by atoms with Crippen molar-refractivity contribution in [2.24, 2.45) is 0 Å². The number of para-hydroxylation sites is 2. The van der Waals surface area contributed by atoms with Crippen LogP contribution in [0.3, 0.4) is 0 Å². The van der Waals surface area contributed by atoms with Gasteiger partial charge in [-0.3, -0.25) is 4.90 Å². The van der Waals surface area contributed by atoms with E-state index in [9.17, 15) is 16.8 Å². The van der Waals surface area contributed by atoms with Crippen LogP contribution in [0.2, 0.25) is 5.02 Å². The van der Waals surface area contributed by atoms with Gasteiger partial charge >= 0.3 is 0 Å². The van der Waals surface area contributed by atoms with Gasteiger partial charge in [-0.05, 0) is 36.4 Å². The maximum absolute atomic E-state index is 13.3. The lowest BCUT2D eigenvalue weighted by atomic mass is 10.1. The van der Waals surface area contributed by atoms with E-state index in [4.69, 9.17) is 16.3 Å². The van der Waals surface area contributed by atoms with Gasteiger partial charge in [0.15, 0.2) is 19.7 Å². The summed E-state index contributed by atoms with van der Waals surface area (Å²) in [6, 6.07) is 13.1. The number of benzene rings is 2. The molecule has 168 valence electrons. The average molecular weight is 485 g/mol. The fourth-order valence-corrected chi connectivity index (χ4v) is 9.37. The third kappa shape index (κ3) is 4.55. The lowest BCUT2D eigenvalue weighted by molar-refractivity contribution is 0.201. The summed E-state index contributed by atoms with van der Waals surface area (Å²) >= 11 is 5.89. The summed E-state index contributed by atoms with van der Waals surface area (Å²) in [5.74, 6) is 0.289. The fraction of sp³-hybridized carbons (Fsp3) is 0.429. The van der Waals surface area contributed by atoms with Crippen LogP contribution < -0.4 is 9.64 Å². The predicted octanol–water partition coefficient (Wildman–Crippen LogP) is 2.11. The Morgan fingerprint density at radius 2 is 1.61 bits per heavy atom. The van der Waals surface area contributed by atoms with Crippen molar-refractivity contribution in [1.82, 2.24) is 4.90 Å². The van der Waals surface area contributed by atoms with Gasteiger partial charge < -0.3 is 9.64 Å². The molecular formula is C21H25ClN2O5S2. The molecule has 0 bridgehead atoms. The summed E-state index contributed by atoms with van der Waals surface area (Å²) in [7, 11) is -5.63. The Balaban J connectivity index is 1.55. The molecule has 2 aromatic rings. The molecule has 2 aromatic carbocycles. The molecule has 0 aromatic heterocycles. The number of sulfone groups is 2. The van der Waals surface area contributed by atoms with Crippen LogP contribution >= 0.6 is 11.6 Å². The van der Waals surface area contributed by atoms with Crippen molar-refractivity contribution >= 4 is 37.0 Å². The van der Waals surface area contributed by atoms with Crippen molar-refractivity contribution < 1.29 is 21.6 Å². The molecule has 0 saturated carbocycles. The second-order valence-electron chi connectivity index (χ2n) is 7.88. The van der Waals surface area contributed by atoms with Crippen LogP contribution in [-0.2, 0) is 19.7 Å². The monoisotopic (exact) mass is 484 g/mol. The highest BCUT2D eigenvalue weighted by atomic mass is 35.5. The van der Waals surface area contributed by atoms with E-state index in [0.29, 0.717) is 31.2 Å². The number of nitrogens with zero attached hydrogens (tertiary/aromatic N) is 2. The molecule has 2 unspecified atom stereocenters. The van der Waals surface area contributed by atoms with Gasteiger partial charge in [0.25, 0.3) is 0 Å². The van der Waals surface area contributed by atoms with Crippen LogP contribution in [0.5, 0.6) is 5.75 Å². The first kappa shape index (κ1) is 22.4. The second-order valence-corrected chi connectivity index (χ2v) is 12.6. The van der Waals surface area contributed by atoms with E-state index in [0.717, 1.165) is 11.4 Å². The SMILES string of the molecule is COc1ccccc1N1CCN(C2CS(=O)(=O)CC2S(=O)(=O)c2ccc(Cl)cc2)CC1. The molecule has 2 saturated heterocycles. The van der Waals surface area contributed by atoms with Crippen LogP contribution in [0, 0.1) is 0 Å². The average Bonchev–Trinajstić information content (AvgIpc) is 3.10. The largest absolute Gasteiger partial charge is 0.495 e. The van der Waals surface area contributed by atoms with E-state index in [2.05, 4.69) is 4.90 Å². The molecule has 0 spiro atoms. The lowest BCUT2D eigenvalue weighted by Gasteiger charge is -2.40. The van der Waals surface area contributed by atoms with Gasteiger partial charge in [-0.2, -0.15) is 0 Å². The lowest BCUT2D eigenvalue weighted by Crippen LogP contribution is -2.55. The molecule has 10 heteroatoms. The van der Waals surface area contributed by atoms with Crippen molar-refractivity contribution in [2.45, 2.75) is 16.2 Å². The highest BCUT2D eigenvalue weighted by Gasteiger charge is 2.48. The van der Waals surface area contributed by atoms with Gasteiger partial charge in [0.2, 0.25) is 0 Å². The van der Waals surface area contributed by atoms with Crippen molar-refractivity contribution in [3.8, 4) is 5.75 Å². The molecule has 2 aliphatic rings. The zero-order valence-electron chi connectivity index (χ0n) is 17.1. The maximum Gasteiger partial charge on any atom is 0.183 e. The number of hydrogen-bond donors (Lipinski definition) is 0. The van der Waals surface area contributed by atoms with E-state index >= 15 is 0 Å². The van der Waals surface area contributed by atoms with Gasteiger partial charge in [-0.25, -0.2) is 16.8 Å². The minimum Gasteiger partial charge on any atom is -0.495 e. The van der Waals surface area contributed by atoms with E-state index in [-0.39, 0.29) is 16.4 Å². The number of halogens is 1. The normalized spacial score (nSPS) is 24.3. The molecule has 31 heavy (non-hydrogen) atoms. The molecule has 4 rings (SSSR count). The Hall–Kier alpha value is -1.81. The Kier molecular flexibility index (Phi) is 6.22. The van der Waals surface area contributed by atoms with Crippen LogP contribution in [0.4, 0.5) is 5.69 Å². The second kappa shape index (κ2) is 8.61. The third-order valence-electron chi connectivity index (χ3n) is 6.02. The molecule has 2 aliphatic heterocycles. The zero-order valence-corrected chi connectivity index (χ0v) is 19.5. The smallest absolute Gasteiger partial charge is 0.183 e. The summed E-state index contributed by atoms with van der Waals surface area (Å²) in [5.41, 5.74) is 0.981. The summed E-state index contributed by atoms with van der Waals surface area (Å²) in [4.78, 5) is 4.30. The molecular weight excluding hydrogens is 460 g/mol. The van der Waals surface area contributed by atoms with Crippen molar-refractivity contribution in [2.75, 3.05) is 49.7 Å². The quantitative estimate of drug-likeness (QED) is 0.642. The van der Waals surface area contributed by atoms with Crippen LogP contribution in [0.1, 0.15) is 0 Å². The molecule has 0 N–H and O–H groups in total. The van der Waals surface area contributed by atoms with Crippen molar-refractivity contribution in [3.05, 3.63) is 53.6 Å². The number of rotatable bonds is 5. The van der Waals surface area contributed by atoms with Gasteiger partial charge in [0.05, 0.1) is 34.4 Å². The fourth-order valence-electron chi connectivity index (χ4n) is 4.42. The molecule has 7 nitrogen and oxygen atoms in total. The Labute approximate surface area is 188 Å². The highest BCUT2D eigenvalue weighted by Crippen LogP contribution is 2.32. The number of hydrogen-bond acceptors (Lipinski definition) is 7. The first-order valence-corrected chi connectivity index (χ1v) is 13.8. The highest BCUT2D eigenvalue weighted by molar-refractivity contribution is 7.96. The van der Waals surface area contributed by atoms with Gasteiger partial charge in [-0.15, -0.1) is 0 Å². The molecule has 2 heterocycles. The maximum atomic E-state index is 13.3. The number of piperazine rings is 1.